The second kappa shape index (κ2) is 12.3. The number of nitrogens with one attached hydrogen (secondary N) is 2. The molecule has 200 valence electrons. The van der Waals surface area contributed by atoms with Crippen molar-refractivity contribution < 1.29 is 23.9 Å². The number of hydrogen-bond acceptors (Lipinski definition) is 6. The molecule has 0 bridgehead atoms. The molecule has 0 spiro atoms. The number of nitrogens with zero attached hydrogens (tertiary/aromatic N) is 1. The molecule has 0 unspecified atom stereocenters. The number of carbonyl (C=O) groups is 4. The predicted octanol–water partition coefficient (Wildman–Crippen LogP) is 6.64. The van der Waals surface area contributed by atoms with E-state index in [4.69, 9.17) is 39.5 Å². The summed E-state index contributed by atoms with van der Waals surface area (Å²) >= 11 is 18.2. The number of amides is 3. The summed E-state index contributed by atoms with van der Waals surface area (Å²) in [5.41, 5.74) is 1.63. The largest absolute Gasteiger partial charge is 0.462 e. The lowest BCUT2D eigenvalue weighted by Gasteiger charge is -2.15. The first-order valence-electron chi connectivity index (χ1n) is 11.9. The van der Waals surface area contributed by atoms with Crippen LogP contribution in [-0.2, 0) is 14.3 Å². The van der Waals surface area contributed by atoms with Gasteiger partial charge in [0, 0.05) is 27.0 Å². The van der Waals surface area contributed by atoms with Gasteiger partial charge in [0.15, 0.2) is 0 Å². The first kappa shape index (κ1) is 28.2. The maximum Gasteiger partial charge on any atom is 0.338 e. The Balaban J connectivity index is 1.42. The first-order valence-corrected chi connectivity index (χ1v) is 13.0. The summed E-state index contributed by atoms with van der Waals surface area (Å²) in [5.74, 6) is -2.25. The number of halogens is 3. The van der Waals surface area contributed by atoms with E-state index in [0.29, 0.717) is 39.2 Å². The normalized spacial score (nSPS) is 13.1. The molecule has 0 saturated heterocycles. The Morgan fingerprint density at radius 3 is 2.05 bits per heavy atom. The van der Waals surface area contributed by atoms with Crippen molar-refractivity contribution in [3.8, 4) is 0 Å². The summed E-state index contributed by atoms with van der Waals surface area (Å²) in [4.78, 5) is 51.5. The van der Waals surface area contributed by atoms with Crippen molar-refractivity contribution in [1.29, 1.82) is 0 Å². The van der Waals surface area contributed by atoms with Gasteiger partial charge in [-0.05, 0) is 73.2 Å². The average molecular weight is 587 g/mol. The van der Waals surface area contributed by atoms with Gasteiger partial charge in [-0.1, -0.05) is 48.1 Å². The minimum Gasteiger partial charge on any atom is -0.462 e. The van der Waals surface area contributed by atoms with E-state index in [2.05, 4.69) is 10.6 Å². The molecule has 0 aliphatic carbocycles. The van der Waals surface area contributed by atoms with Gasteiger partial charge >= 0.3 is 5.97 Å². The molecular weight excluding hydrogens is 565 g/mol. The molecule has 0 atom stereocenters. The van der Waals surface area contributed by atoms with E-state index in [0.717, 1.165) is 17.7 Å². The van der Waals surface area contributed by atoms with Crippen LogP contribution in [0.25, 0.3) is 0 Å². The second-order valence-corrected chi connectivity index (χ2v) is 9.74. The molecular formula is C28H22Cl3N3O5. The summed E-state index contributed by atoms with van der Waals surface area (Å²) in [7, 11) is 0. The summed E-state index contributed by atoms with van der Waals surface area (Å²) < 4.78 is 5.18. The lowest BCUT2D eigenvalue weighted by molar-refractivity contribution is -0.120. The number of unbranched alkanes of at least 4 members (excludes halogenated alkanes) is 1. The zero-order valence-electron chi connectivity index (χ0n) is 20.6. The Morgan fingerprint density at radius 1 is 0.821 bits per heavy atom. The van der Waals surface area contributed by atoms with Crippen molar-refractivity contribution in [2.75, 3.05) is 22.1 Å². The Hall–Kier alpha value is -3.85. The molecule has 0 saturated carbocycles. The van der Waals surface area contributed by atoms with Crippen LogP contribution in [0.15, 0.2) is 77.5 Å². The van der Waals surface area contributed by atoms with Gasteiger partial charge in [0.05, 0.1) is 17.9 Å². The SMILES string of the molecule is CCCCOC(=O)c1ccc(N2C(=O)C(Cl)=C(Nc3ccc(C(=O)Nc4cc(Cl)cc(Cl)c4)cc3)C2=O)cc1. The van der Waals surface area contributed by atoms with E-state index >= 15 is 0 Å². The van der Waals surface area contributed by atoms with Crippen LogP contribution >= 0.6 is 34.8 Å². The predicted molar refractivity (Wildman–Crippen MR) is 151 cm³/mol. The molecule has 0 aromatic heterocycles. The van der Waals surface area contributed by atoms with Crippen LogP contribution in [0.1, 0.15) is 40.5 Å². The van der Waals surface area contributed by atoms with Crippen LogP contribution in [0, 0.1) is 0 Å². The molecule has 8 nitrogen and oxygen atoms in total. The maximum atomic E-state index is 13.1. The van der Waals surface area contributed by atoms with Gasteiger partial charge in [-0.3, -0.25) is 14.4 Å². The minimum atomic E-state index is -0.710. The van der Waals surface area contributed by atoms with E-state index in [1.165, 1.54) is 36.4 Å². The van der Waals surface area contributed by atoms with Crippen molar-refractivity contribution in [3.63, 3.8) is 0 Å². The number of hydrogen-bond donors (Lipinski definition) is 2. The molecule has 11 heteroatoms. The van der Waals surface area contributed by atoms with Gasteiger partial charge in [-0.15, -0.1) is 0 Å². The smallest absolute Gasteiger partial charge is 0.338 e. The Kier molecular flexibility index (Phi) is 8.91. The third kappa shape index (κ3) is 6.60. The van der Waals surface area contributed by atoms with E-state index in [-0.39, 0.29) is 16.4 Å². The minimum absolute atomic E-state index is 0.115. The monoisotopic (exact) mass is 585 g/mol. The van der Waals surface area contributed by atoms with E-state index in [1.807, 2.05) is 6.92 Å². The number of ether oxygens (including phenoxy) is 1. The van der Waals surface area contributed by atoms with Gasteiger partial charge in [-0.2, -0.15) is 0 Å². The molecule has 1 aliphatic heterocycles. The zero-order chi connectivity index (χ0) is 28.1. The summed E-state index contributed by atoms with van der Waals surface area (Å²) in [6.07, 6.45) is 1.66. The van der Waals surface area contributed by atoms with Crippen LogP contribution in [0.4, 0.5) is 17.1 Å². The van der Waals surface area contributed by atoms with Crippen molar-refractivity contribution in [2.45, 2.75) is 19.8 Å². The molecule has 3 amide bonds. The molecule has 4 rings (SSSR count). The number of anilines is 3. The number of imide groups is 1. The van der Waals surface area contributed by atoms with E-state index in [9.17, 15) is 19.2 Å². The molecule has 1 aliphatic rings. The number of rotatable bonds is 9. The third-order valence-corrected chi connectivity index (χ3v) is 6.44. The lowest BCUT2D eigenvalue weighted by Crippen LogP contribution is -2.32. The van der Waals surface area contributed by atoms with E-state index in [1.54, 1.807) is 30.3 Å². The van der Waals surface area contributed by atoms with Crippen LogP contribution in [0.3, 0.4) is 0 Å². The summed E-state index contributed by atoms with van der Waals surface area (Å²) in [6, 6.07) is 16.8. The Labute approximate surface area is 239 Å². The fraction of sp³-hybridized carbons (Fsp3) is 0.143. The highest BCUT2D eigenvalue weighted by molar-refractivity contribution is 6.53. The van der Waals surface area contributed by atoms with E-state index < -0.39 is 23.7 Å². The Bertz CT molecular complexity index is 1450. The Morgan fingerprint density at radius 2 is 1.44 bits per heavy atom. The highest BCUT2D eigenvalue weighted by Gasteiger charge is 2.39. The molecule has 1 heterocycles. The highest BCUT2D eigenvalue weighted by Crippen LogP contribution is 2.30. The topological polar surface area (TPSA) is 105 Å². The summed E-state index contributed by atoms with van der Waals surface area (Å²) in [5, 5.41) is 6.04. The standard InChI is InChI=1S/C28H22Cl3N3O5/c1-2-3-12-39-28(38)17-6-10-22(11-7-17)34-26(36)23(31)24(27(34)37)32-20-8-4-16(5-9-20)25(35)33-21-14-18(29)13-19(30)15-21/h4-11,13-15,32H,2-3,12H2,1H3,(H,33,35). The number of carbonyl (C=O) groups excluding carboxylic acids is 4. The quantitative estimate of drug-likeness (QED) is 0.165. The van der Waals surface area contributed by atoms with Crippen LogP contribution < -0.4 is 15.5 Å². The average Bonchev–Trinajstić information content (AvgIpc) is 3.11. The van der Waals surface area contributed by atoms with Crippen molar-refractivity contribution in [2.24, 2.45) is 0 Å². The van der Waals surface area contributed by atoms with Crippen molar-refractivity contribution in [1.82, 2.24) is 0 Å². The maximum absolute atomic E-state index is 13.1. The molecule has 3 aromatic rings. The number of esters is 1. The molecule has 39 heavy (non-hydrogen) atoms. The van der Waals surface area contributed by atoms with Gasteiger partial charge in [0.2, 0.25) is 0 Å². The van der Waals surface area contributed by atoms with Gasteiger partial charge in [-0.25, -0.2) is 9.69 Å². The second-order valence-electron chi connectivity index (χ2n) is 8.49. The fourth-order valence-corrected chi connectivity index (χ4v) is 4.40. The fourth-order valence-electron chi connectivity index (χ4n) is 3.66. The van der Waals surface area contributed by atoms with Gasteiger partial charge in [0.1, 0.15) is 10.7 Å². The van der Waals surface area contributed by atoms with Crippen molar-refractivity contribution in [3.05, 3.63) is 98.6 Å². The number of benzene rings is 3. The molecule has 0 radical (unpaired) electrons. The third-order valence-electron chi connectivity index (χ3n) is 5.66. The van der Waals surface area contributed by atoms with Gasteiger partial charge in [0.25, 0.3) is 17.7 Å². The first-order chi connectivity index (χ1) is 18.7. The van der Waals surface area contributed by atoms with Crippen LogP contribution in [-0.4, -0.2) is 30.3 Å². The summed E-state index contributed by atoms with van der Waals surface area (Å²) in [6.45, 7) is 2.31. The van der Waals surface area contributed by atoms with Crippen LogP contribution in [0.2, 0.25) is 10.0 Å². The van der Waals surface area contributed by atoms with Gasteiger partial charge < -0.3 is 15.4 Å². The van der Waals surface area contributed by atoms with Crippen molar-refractivity contribution >= 4 is 75.6 Å². The lowest BCUT2D eigenvalue weighted by atomic mass is 10.2. The van der Waals surface area contributed by atoms with Crippen LogP contribution in [0.5, 0.6) is 0 Å². The zero-order valence-corrected chi connectivity index (χ0v) is 22.9. The molecule has 2 N–H and O–H groups in total. The highest BCUT2D eigenvalue weighted by atomic mass is 35.5. The molecule has 0 fully saturated rings. The molecule has 3 aromatic carbocycles.